The molecule has 0 N–H and O–H groups in total. The molecular formula is C67H132N2O. The Bertz CT molecular complexity index is 1090. The van der Waals surface area contributed by atoms with Crippen LogP contribution in [-0.4, -0.2) is 50.4 Å². The van der Waals surface area contributed by atoms with Gasteiger partial charge in [0.1, 0.15) is 0 Å². The van der Waals surface area contributed by atoms with Crippen LogP contribution in [0.5, 0.6) is 0 Å². The smallest absolute Gasteiger partial charge is 0.222 e. The number of hydrogen-bond acceptors (Lipinski definition) is 2. The molecule has 3 heteroatoms. The Morgan fingerprint density at radius 3 is 0.886 bits per heavy atom. The van der Waals surface area contributed by atoms with Crippen LogP contribution >= 0.6 is 0 Å². The Morgan fingerprint density at radius 1 is 0.329 bits per heavy atom. The summed E-state index contributed by atoms with van der Waals surface area (Å²) in [6, 6.07) is 0. The van der Waals surface area contributed by atoms with Crippen LogP contribution in [0.1, 0.15) is 330 Å². The standard InChI is InChI=1S/C33H63NO.C33H65N.CH4/c1-5-7-9-11-13-14-15-16-17-18-19-20-21-22-24-26-28-30-32(31-33(35)34(3)4)29-27-25-23-12-10-8-6-2;1-5-7-9-11-13-14-15-16-17-18-19-20-21-22-24-26-28-30-33(31-32-34(3)4)29-27-25-23-12-10-8-6-2;/h13-14,16-17,32H,5-12,15,18-31H2,1-4H3;13-14,16-17,33H,5-12,15,18-32H2,1-4H3;1H4/b2*14-13-,17-16-;. The van der Waals surface area contributed by atoms with Gasteiger partial charge in [-0.15, -0.1) is 0 Å². The normalized spacial score (nSPS) is 12.7. The van der Waals surface area contributed by atoms with Crippen molar-refractivity contribution in [3.8, 4) is 0 Å². The summed E-state index contributed by atoms with van der Waals surface area (Å²) in [7, 11) is 8.26. The van der Waals surface area contributed by atoms with E-state index in [0.717, 1.165) is 25.2 Å². The molecule has 0 aromatic carbocycles. The number of rotatable bonds is 53. The van der Waals surface area contributed by atoms with Gasteiger partial charge in [-0.05, 0) is 116 Å². The Balaban J connectivity index is -0.00000127. The van der Waals surface area contributed by atoms with Gasteiger partial charge < -0.3 is 9.80 Å². The summed E-state index contributed by atoms with van der Waals surface area (Å²) in [5.74, 6) is 1.88. The summed E-state index contributed by atoms with van der Waals surface area (Å²) < 4.78 is 0. The lowest BCUT2D eigenvalue weighted by Gasteiger charge is -2.19. The van der Waals surface area contributed by atoms with Crippen LogP contribution in [-0.2, 0) is 4.79 Å². The molecule has 1 amide bonds. The second-order valence-electron chi connectivity index (χ2n) is 22.1. The third kappa shape index (κ3) is 62.5. The van der Waals surface area contributed by atoms with Crippen LogP contribution in [0.2, 0.25) is 0 Å². The van der Waals surface area contributed by atoms with Gasteiger partial charge >= 0.3 is 0 Å². The fourth-order valence-corrected chi connectivity index (χ4v) is 9.63. The largest absolute Gasteiger partial charge is 0.349 e. The zero-order valence-corrected chi connectivity index (χ0v) is 48.8. The predicted octanol–water partition coefficient (Wildman–Crippen LogP) is 22.7. The van der Waals surface area contributed by atoms with Crippen LogP contribution in [0.4, 0.5) is 0 Å². The molecular weight excluding hydrogens is 849 g/mol. The van der Waals surface area contributed by atoms with Crippen LogP contribution in [0.3, 0.4) is 0 Å². The van der Waals surface area contributed by atoms with E-state index in [9.17, 15) is 4.79 Å². The van der Waals surface area contributed by atoms with Crippen molar-refractivity contribution in [1.82, 2.24) is 9.80 Å². The van der Waals surface area contributed by atoms with Crippen LogP contribution in [0.25, 0.3) is 0 Å². The van der Waals surface area contributed by atoms with Crippen molar-refractivity contribution in [3.63, 3.8) is 0 Å². The van der Waals surface area contributed by atoms with E-state index < -0.39 is 0 Å². The van der Waals surface area contributed by atoms with Crippen molar-refractivity contribution in [2.24, 2.45) is 11.8 Å². The van der Waals surface area contributed by atoms with Gasteiger partial charge in [-0.3, -0.25) is 4.79 Å². The van der Waals surface area contributed by atoms with Gasteiger partial charge in [-0.1, -0.05) is 289 Å². The highest BCUT2D eigenvalue weighted by atomic mass is 16.2. The van der Waals surface area contributed by atoms with E-state index in [2.05, 4.69) is 95.3 Å². The molecule has 0 heterocycles. The Kier molecular flexibility index (Phi) is 65.9. The van der Waals surface area contributed by atoms with Crippen molar-refractivity contribution in [2.75, 3.05) is 34.7 Å². The van der Waals surface area contributed by atoms with E-state index in [1.54, 1.807) is 4.90 Å². The Morgan fingerprint density at radius 2 is 0.586 bits per heavy atom. The van der Waals surface area contributed by atoms with Gasteiger partial charge in [0.2, 0.25) is 5.91 Å². The first-order chi connectivity index (χ1) is 33.8. The Labute approximate surface area is 444 Å². The van der Waals surface area contributed by atoms with Crippen molar-refractivity contribution in [2.45, 2.75) is 330 Å². The molecule has 2 unspecified atom stereocenters. The fourth-order valence-electron chi connectivity index (χ4n) is 9.63. The molecule has 0 aliphatic heterocycles. The molecule has 0 aromatic rings. The molecule has 0 radical (unpaired) electrons. The average Bonchev–Trinajstić information content (AvgIpc) is 3.34. The molecule has 3 nitrogen and oxygen atoms in total. The molecule has 0 saturated heterocycles. The average molecular weight is 982 g/mol. The van der Waals surface area contributed by atoms with Gasteiger partial charge in [0, 0.05) is 20.5 Å². The predicted molar refractivity (Wildman–Crippen MR) is 323 cm³/mol. The minimum atomic E-state index is 0. The van der Waals surface area contributed by atoms with E-state index in [-0.39, 0.29) is 7.43 Å². The third-order valence-electron chi connectivity index (χ3n) is 14.5. The maximum absolute atomic E-state index is 12.3. The fraction of sp³-hybridized carbons (Fsp3) is 0.866. The van der Waals surface area contributed by atoms with E-state index in [1.165, 1.54) is 283 Å². The van der Waals surface area contributed by atoms with Gasteiger partial charge in [0.25, 0.3) is 0 Å². The van der Waals surface area contributed by atoms with Crippen LogP contribution in [0, 0.1) is 11.8 Å². The number of unbranched alkanes of at least 4 members (excludes halogenated alkanes) is 32. The molecule has 0 spiro atoms. The zero-order valence-electron chi connectivity index (χ0n) is 48.8. The highest BCUT2D eigenvalue weighted by molar-refractivity contribution is 5.75. The van der Waals surface area contributed by atoms with Crippen LogP contribution in [0.15, 0.2) is 48.6 Å². The van der Waals surface area contributed by atoms with Crippen molar-refractivity contribution >= 4 is 5.91 Å². The number of nitrogens with zero attached hydrogens (tertiary/aromatic N) is 2. The van der Waals surface area contributed by atoms with E-state index in [4.69, 9.17) is 0 Å². The van der Waals surface area contributed by atoms with Gasteiger partial charge in [0.05, 0.1) is 0 Å². The number of hydrogen-bond donors (Lipinski definition) is 0. The molecule has 0 aromatic heterocycles. The summed E-state index contributed by atoms with van der Waals surface area (Å²) in [4.78, 5) is 16.4. The van der Waals surface area contributed by atoms with E-state index in [0.29, 0.717) is 11.8 Å². The topological polar surface area (TPSA) is 23.6 Å². The molecule has 0 fully saturated rings. The molecule has 0 aliphatic carbocycles. The summed E-state index contributed by atoms with van der Waals surface area (Å²) in [6.45, 7) is 10.4. The second kappa shape index (κ2) is 63.5. The minimum Gasteiger partial charge on any atom is -0.349 e. The third-order valence-corrected chi connectivity index (χ3v) is 14.5. The quantitative estimate of drug-likeness (QED) is 0.0448. The lowest BCUT2D eigenvalue weighted by Crippen LogP contribution is -2.24. The molecule has 70 heavy (non-hydrogen) atoms. The van der Waals surface area contributed by atoms with Gasteiger partial charge in [0.15, 0.2) is 0 Å². The summed E-state index contributed by atoms with van der Waals surface area (Å²) in [6.07, 6.45) is 80.9. The molecule has 0 bridgehead atoms. The number of allylic oxidation sites excluding steroid dienone is 8. The first-order valence-corrected chi connectivity index (χ1v) is 31.3. The highest BCUT2D eigenvalue weighted by Gasteiger charge is 2.15. The molecule has 0 saturated carbocycles. The van der Waals surface area contributed by atoms with Gasteiger partial charge in [-0.25, -0.2) is 0 Å². The lowest BCUT2D eigenvalue weighted by molar-refractivity contribution is -0.129. The minimum absolute atomic E-state index is 0. The van der Waals surface area contributed by atoms with Crippen LogP contribution < -0.4 is 0 Å². The first-order valence-electron chi connectivity index (χ1n) is 31.3. The number of carbonyl (C=O) groups is 1. The van der Waals surface area contributed by atoms with E-state index in [1.807, 2.05) is 14.1 Å². The highest BCUT2D eigenvalue weighted by Crippen LogP contribution is 2.24. The Hall–Kier alpha value is -1.61. The van der Waals surface area contributed by atoms with Crippen molar-refractivity contribution in [1.29, 1.82) is 0 Å². The molecule has 416 valence electrons. The maximum atomic E-state index is 12.3. The first kappa shape index (κ1) is 72.6. The summed E-state index contributed by atoms with van der Waals surface area (Å²) in [5, 5.41) is 0. The molecule has 0 rings (SSSR count). The summed E-state index contributed by atoms with van der Waals surface area (Å²) in [5.41, 5.74) is 0. The SMILES string of the molecule is C.CCCCC/C=C\C/C=C\CCCCCCCCCC(CCCCCCCCC)CC(=O)N(C)C.CCCCC/C=C\C/C=C\CCCCCCCCCC(CCCCCCCCC)CCN(C)C. The van der Waals surface area contributed by atoms with Gasteiger partial charge in [-0.2, -0.15) is 0 Å². The maximum Gasteiger partial charge on any atom is 0.222 e. The van der Waals surface area contributed by atoms with Crippen molar-refractivity contribution in [3.05, 3.63) is 48.6 Å². The molecule has 2 atom stereocenters. The number of carbonyl (C=O) groups excluding carboxylic acids is 1. The molecule has 0 aliphatic rings. The zero-order chi connectivity index (χ0) is 50.8. The van der Waals surface area contributed by atoms with Crippen molar-refractivity contribution < 1.29 is 4.79 Å². The summed E-state index contributed by atoms with van der Waals surface area (Å²) >= 11 is 0. The lowest BCUT2D eigenvalue weighted by atomic mass is 9.91. The van der Waals surface area contributed by atoms with E-state index >= 15 is 0 Å². The second-order valence-corrected chi connectivity index (χ2v) is 22.1. The number of amides is 1. The monoisotopic (exact) mass is 981 g/mol.